The van der Waals surface area contributed by atoms with Gasteiger partial charge >= 0.3 is 12.1 Å². The summed E-state index contributed by atoms with van der Waals surface area (Å²) < 4.78 is 42.0. The largest absolute Gasteiger partial charge is 0.465 e. The van der Waals surface area contributed by atoms with Crippen LogP contribution in [0.25, 0.3) is 0 Å². The van der Waals surface area contributed by atoms with Gasteiger partial charge in [0.2, 0.25) is 0 Å². The normalized spacial score (nSPS) is 13.4. The van der Waals surface area contributed by atoms with Crippen LogP contribution in [0.15, 0.2) is 15.9 Å². The molecule has 0 radical (unpaired) electrons. The van der Waals surface area contributed by atoms with Crippen LogP contribution in [0.4, 0.5) is 13.2 Å². The predicted molar refractivity (Wildman–Crippen MR) is 65.5 cm³/mol. The molecule has 0 amide bonds. The van der Waals surface area contributed by atoms with Gasteiger partial charge in [0.15, 0.2) is 0 Å². The lowest BCUT2D eigenvalue weighted by Crippen LogP contribution is -2.36. The number of hydrogen-bond donors (Lipinski definition) is 1. The van der Waals surface area contributed by atoms with E-state index < -0.39 is 24.7 Å². The lowest BCUT2D eigenvalue weighted by Gasteiger charge is -2.17. The van der Waals surface area contributed by atoms with Crippen LogP contribution in [0.3, 0.4) is 0 Å². The lowest BCUT2D eigenvalue weighted by atomic mass is 10.2. The van der Waals surface area contributed by atoms with Crippen molar-refractivity contribution in [2.75, 3.05) is 13.2 Å². The molecule has 0 saturated carbocycles. The molecule has 0 spiro atoms. The standard InChI is InChI=1S/C10H11BrF3NO2S/c1-2-17-9(16)8(15-5-10(12,13)14)6-3-4-7(11)18-6/h3-4,8,15H,2,5H2,1H3. The molecule has 18 heavy (non-hydrogen) atoms. The maximum atomic E-state index is 12.2. The van der Waals surface area contributed by atoms with Crippen LogP contribution >= 0.6 is 27.3 Å². The van der Waals surface area contributed by atoms with Crippen molar-refractivity contribution in [1.82, 2.24) is 5.32 Å². The maximum Gasteiger partial charge on any atom is 0.401 e. The Hall–Kier alpha value is -0.600. The number of esters is 1. The zero-order valence-corrected chi connectivity index (χ0v) is 11.8. The van der Waals surface area contributed by atoms with E-state index >= 15 is 0 Å². The van der Waals surface area contributed by atoms with Crippen LogP contribution in [0.1, 0.15) is 17.8 Å². The second-order valence-electron chi connectivity index (χ2n) is 3.32. The monoisotopic (exact) mass is 345 g/mol. The third kappa shape index (κ3) is 4.95. The Morgan fingerprint density at radius 2 is 2.22 bits per heavy atom. The molecular formula is C10H11BrF3NO2S. The molecule has 0 bridgehead atoms. The summed E-state index contributed by atoms with van der Waals surface area (Å²) in [6, 6.07) is 2.16. The predicted octanol–water partition coefficient (Wildman–Crippen LogP) is 3.27. The van der Waals surface area contributed by atoms with Gasteiger partial charge in [-0.25, -0.2) is 4.79 Å². The highest BCUT2D eigenvalue weighted by atomic mass is 79.9. The number of hydrogen-bond acceptors (Lipinski definition) is 4. The average Bonchev–Trinajstić information content (AvgIpc) is 2.64. The Kier molecular flexibility index (Phi) is 5.61. The molecule has 0 aromatic carbocycles. The van der Waals surface area contributed by atoms with E-state index in [1.54, 1.807) is 19.1 Å². The first-order valence-electron chi connectivity index (χ1n) is 5.05. The van der Waals surface area contributed by atoms with Gasteiger partial charge in [-0.15, -0.1) is 11.3 Å². The Morgan fingerprint density at radius 3 is 2.67 bits per heavy atom. The van der Waals surface area contributed by atoms with Crippen LogP contribution in [0, 0.1) is 0 Å². The molecule has 1 rings (SSSR count). The Balaban J connectivity index is 2.78. The minimum atomic E-state index is -4.38. The molecule has 1 aromatic rings. The second kappa shape index (κ2) is 6.53. The first kappa shape index (κ1) is 15.5. The summed E-state index contributed by atoms with van der Waals surface area (Å²) in [4.78, 5) is 12.1. The third-order valence-corrected chi connectivity index (χ3v) is 3.60. The Labute approximate surface area is 114 Å². The second-order valence-corrected chi connectivity index (χ2v) is 5.82. The Bertz CT molecular complexity index is 408. The molecule has 0 saturated heterocycles. The van der Waals surface area contributed by atoms with Gasteiger partial charge in [-0.1, -0.05) is 0 Å². The molecule has 102 valence electrons. The number of ether oxygens (including phenoxy) is 1. The highest BCUT2D eigenvalue weighted by molar-refractivity contribution is 9.11. The van der Waals surface area contributed by atoms with Crippen molar-refractivity contribution >= 4 is 33.2 Å². The molecule has 0 aliphatic rings. The molecule has 1 heterocycles. The fourth-order valence-electron chi connectivity index (χ4n) is 1.23. The number of rotatable bonds is 5. The van der Waals surface area contributed by atoms with Crippen molar-refractivity contribution in [2.24, 2.45) is 0 Å². The van der Waals surface area contributed by atoms with E-state index in [4.69, 9.17) is 4.74 Å². The van der Waals surface area contributed by atoms with Gasteiger partial charge in [-0.05, 0) is 35.0 Å². The summed E-state index contributed by atoms with van der Waals surface area (Å²) in [5.74, 6) is -0.712. The highest BCUT2D eigenvalue weighted by Crippen LogP contribution is 2.28. The van der Waals surface area contributed by atoms with Crippen molar-refractivity contribution in [3.63, 3.8) is 0 Å². The molecule has 1 N–H and O–H groups in total. The number of carbonyl (C=O) groups is 1. The van der Waals surface area contributed by atoms with Crippen LogP contribution in [-0.4, -0.2) is 25.3 Å². The average molecular weight is 346 g/mol. The van der Waals surface area contributed by atoms with Gasteiger partial charge in [0.05, 0.1) is 16.9 Å². The van der Waals surface area contributed by atoms with Crippen molar-refractivity contribution in [2.45, 2.75) is 19.1 Å². The molecular weight excluding hydrogens is 335 g/mol. The summed E-state index contributed by atoms with van der Waals surface area (Å²) in [7, 11) is 0. The van der Waals surface area contributed by atoms with Crippen LogP contribution < -0.4 is 5.32 Å². The highest BCUT2D eigenvalue weighted by Gasteiger charge is 2.31. The fraction of sp³-hybridized carbons (Fsp3) is 0.500. The van der Waals surface area contributed by atoms with Crippen LogP contribution in [-0.2, 0) is 9.53 Å². The first-order valence-corrected chi connectivity index (χ1v) is 6.66. The quantitative estimate of drug-likeness (QED) is 0.832. The van der Waals surface area contributed by atoms with E-state index in [0.29, 0.717) is 4.88 Å². The number of alkyl halides is 3. The molecule has 0 fully saturated rings. The number of nitrogens with one attached hydrogen (secondary N) is 1. The van der Waals surface area contributed by atoms with Gasteiger partial charge in [-0.3, -0.25) is 5.32 Å². The summed E-state index contributed by atoms with van der Waals surface area (Å²) in [6.07, 6.45) is -4.38. The van der Waals surface area contributed by atoms with Crippen molar-refractivity contribution in [3.05, 3.63) is 20.8 Å². The van der Waals surface area contributed by atoms with Gasteiger partial charge in [0, 0.05) is 4.88 Å². The minimum absolute atomic E-state index is 0.121. The molecule has 0 aliphatic carbocycles. The van der Waals surface area contributed by atoms with Crippen molar-refractivity contribution < 1.29 is 22.7 Å². The van der Waals surface area contributed by atoms with Crippen molar-refractivity contribution in [3.8, 4) is 0 Å². The smallest absolute Gasteiger partial charge is 0.401 e. The van der Waals surface area contributed by atoms with E-state index in [9.17, 15) is 18.0 Å². The topological polar surface area (TPSA) is 38.3 Å². The zero-order valence-electron chi connectivity index (χ0n) is 9.38. The summed E-state index contributed by atoms with van der Waals surface area (Å²) in [6.45, 7) is 0.477. The molecule has 1 aromatic heterocycles. The lowest BCUT2D eigenvalue weighted by molar-refractivity contribution is -0.148. The van der Waals surface area contributed by atoms with E-state index in [1.165, 1.54) is 11.3 Å². The van der Waals surface area contributed by atoms with E-state index in [2.05, 4.69) is 21.2 Å². The van der Waals surface area contributed by atoms with Crippen molar-refractivity contribution in [1.29, 1.82) is 0 Å². The summed E-state index contributed by atoms with van der Waals surface area (Å²) in [5.41, 5.74) is 0. The molecule has 8 heteroatoms. The van der Waals surface area contributed by atoms with Crippen LogP contribution in [0.5, 0.6) is 0 Å². The van der Waals surface area contributed by atoms with E-state index in [1.807, 2.05) is 0 Å². The van der Waals surface area contributed by atoms with Gasteiger partial charge in [0.25, 0.3) is 0 Å². The van der Waals surface area contributed by atoms with Crippen LogP contribution in [0.2, 0.25) is 0 Å². The molecule has 1 atom stereocenters. The van der Waals surface area contributed by atoms with E-state index in [0.717, 1.165) is 3.79 Å². The fourth-order valence-corrected chi connectivity index (χ4v) is 2.71. The summed E-state index contributed by atoms with van der Waals surface area (Å²) >= 11 is 4.38. The summed E-state index contributed by atoms with van der Waals surface area (Å²) in [5, 5.41) is 2.16. The number of thiophene rings is 1. The zero-order chi connectivity index (χ0) is 13.8. The molecule has 0 aliphatic heterocycles. The number of halogens is 4. The first-order chi connectivity index (χ1) is 8.33. The third-order valence-electron chi connectivity index (χ3n) is 1.91. The maximum absolute atomic E-state index is 12.2. The van der Waals surface area contributed by atoms with Gasteiger partial charge < -0.3 is 4.74 Å². The molecule has 3 nitrogen and oxygen atoms in total. The minimum Gasteiger partial charge on any atom is -0.465 e. The molecule has 1 unspecified atom stereocenters. The van der Waals surface area contributed by atoms with E-state index in [-0.39, 0.29) is 6.61 Å². The Morgan fingerprint density at radius 1 is 1.56 bits per heavy atom. The van der Waals surface area contributed by atoms with Gasteiger partial charge in [0.1, 0.15) is 6.04 Å². The number of carbonyl (C=O) groups excluding carboxylic acids is 1. The van der Waals surface area contributed by atoms with Gasteiger partial charge in [-0.2, -0.15) is 13.2 Å². The SMILES string of the molecule is CCOC(=O)C(NCC(F)(F)F)c1ccc(Br)s1.